The minimum atomic E-state index is -1.14. The second kappa shape index (κ2) is 5.43. The number of ether oxygens (including phenoxy) is 2. The summed E-state index contributed by atoms with van der Waals surface area (Å²) >= 11 is 0. The van der Waals surface area contributed by atoms with Crippen LogP contribution < -0.4 is 9.47 Å². The summed E-state index contributed by atoms with van der Waals surface area (Å²) in [6.45, 7) is 1.98. The molecular formula is C13H13NO5. The molecule has 19 heavy (non-hydrogen) atoms. The summed E-state index contributed by atoms with van der Waals surface area (Å²) in [5.41, 5.74) is 0.906. The molecule has 0 radical (unpaired) electrons. The highest BCUT2D eigenvalue weighted by Gasteiger charge is 2.11. The van der Waals surface area contributed by atoms with Crippen LogP contribution in [0.5, 0.6) is 11.5 Å². The van der Waals surface area contributed by atoms with E-state index in [0.717, 1.165) is 11.8 Å². The summed E-state index contributed by atoms with van der Waals surface area (Å²) in [4.78, 5) is 14.4. The molecular weight excluding hydrogens is 250 g/mol. The number of rotatable bonds is 5. The van der Waals surface area contributed by atoms with Gasteiger partial charge in [-0.05, 0) is 24.6 Å². The van der Waals surface area contributed by atoms with E-state index in [0.29, 0.717) is 11.5 Å². The van der Waals surface area contributed by atoms with E-state index in [-0.39, 0.29) is 18.2 Å². The Morgan fingerprint density at radius 3 is 2.84 bits per heavy atom. The molecule has 6 nitrogen and oxygen atoms in total. The van der Waals surface area contributed by atoms with Crippen molar-refractivity contribution < 1.29 is 23.8 Å². The summed E-state index contributed by atoms with van der Waals surface area (Å²) in [5, 5.41) is 8.71. The van der Waals surface area contributed by atoms with Crippen LogP contribution in [0.25, 0.3) is 0 Å². The number of hydrogen-bond acceptors (Lipinski definition) is 5. The number of oxazole rings is 1. The van der Waals surface area contributed by atoms with Crippen molar-refractivity contribution in [2.75, 3.05) is 7.11 Å². The predicted molar refractivity (Wildman–Crippen MR) is 65.5 cm³/mol. The Kier molecular flexibility index (Phi) is 3.70. The van der Waals surface area contributed by atoms with Crippen molar-refractivity contribution in [1.82, 2.24) is 4.98 Å². The smallest absolute Gasteiger partial charge is 0.357 e. The highest BCUT2D eigenvalue weighted by molar-refractivity contribution is 5.84. The third kappa shape index (κ3) is 3.04. The van der Waals surface area contributed by atoms with E-state index in [1.54, 1.807) is 13.2 Å². The number of hydrogen-bond donors (Lipinski definition) is 1. The summed E-state index contributed by atoms with van der Waals surface area (Å²) < 4.78 is 15.7. The number of methoxy groups -OCH3 is 1. The molecule has 1 aromatic heterocycles. The van der Waals surface area contributed by atoms with Crippen molar-refractivity contribution in [3.63, 3.8) is 0 Å². The summed E-state index contributed by atoms with van der Waals surface area (Å²) in [7, 11) is 1.55. The summed E-state index contributed by atoms with van der Waals surface area (Å²) in [6.07, 6.45) is 1.08. The molecule has 0 atom stereocenters. The van der Waals surface area contributed by atoms with Gasteiger partial charge in [0.15, 0.2) is 23.8 Å². The molecule has 0 fully saturated rings. The van der Waals surface area contributed by atoms with Crippen LogP contribution in [0.4, 0.5) is 0 Å². The van der Waals surface area contributed by atoms with Gasteiger partial charge in [-0.15, -0.1) is 0 Å². The maximum Gasteiger partial charge on any atom is 0.357 e. The third-order valence-corrected chi connectivity index (χ3v) is 2.44. The molecule has 0 unspecified atom stereocenters. The molecule has 0 spiro atoms. The average Bonchev–Trinajstić information content (AvgIpc) is 2.86. The predicted octanol–water partition coefficient (Wildman–Crippen LogP) is 2.27. The first-order valence-corrected chi connectivity index (χ1v) is 5.55. The van der Waals surface area contributed by atoms with Crippen molar-refractivity contribution in [1.29, 1.82) is 0 Å². The quantitative estimate of drug-likeness (QED) is 0.891. The Hall–Kier alpha value is -2.50. The Bertz CT molecular complexity index is 590. The highest BCUT2D eigenvalue weighted by atomic mass is 16.5. The molecule has 6 heteroatoms. The molecule has 100 valence electrons. The molecule has 2 aromatic rings. The Balaban J connectivity index is 2.07. The zero-order valence-corrected chi connectivity index (χ0v) is 10.5. The van der Waals surface area contributed by atoms with Crippen LogP contribution in [-0.4, -0.2) is 23.2 Å². The van der Waals surface area contributed by atoms with E-state index in [1.165, 1.54) is 0 Å². The van der Waals surface area contributed by atoms with Crippen LogP contribution >= 0.6 is 0 Å². The van der Waals surface area contributed by atoms with Gasteiger partial charge in [0.05, 0.1) is 7.11 Å². The monoisotopic (exact) mass is 263 g/mol. The number of aryl methyl sites for hydroxylation is 1. The van der Waals surface area contributed by atoms with Gasteiger partial charge in [0.2, 0.25) is 5.89 Å². The first-order valence-electron chi connectivity index (χ1n) is 5.55. The van der Waals surface area contributed by atoms with E-state index in [9.17, 15) is 4.79 Å². The molecule has 0 saturated carbocycles. The molecule has 0 aliphatic heterocycles. The highest BCUT2D eigenvalue weighted by Crippen LogP contribution is 2.28. The maximum atomic E-state index is 10.6. The zero-order valence-electron chi connectivity index (χ0n) is 10.5. The van der Waals surface area contributed by atoms with Crippen molar-refractivity contribution in [3.8, 4) is 11.5 Å². The van der Waals surface area contributed by atoms with Crippen molar-refractivity contribution in [2.45, 2.75) is 13.5 Å². The van der Waals surface area contributed by atoms with E-state index in [1.807, 2.05) is 19.1 Å². The van der Waals surface area contributed by atoms with Crippen LogP contribution in [0.1, 0.15) is 21.9 Å². The molecule has 0 aliphatic rings. The van der Waals surface area contributed by atoms with Crippen LogP contribution in [-0.2, 0) is 6.61 Å². The first-order chi connectivity index (χ1) is 9.10. The van der Waals surface area contributed by atoms with Crippen LogP contribution in [0.15, 0.2) is 28.9 Å². The topological polar surface area (TPSA) is 81.8 Å². The Labute approximate surface area is 109 Å². The molecule has 0 amide bonds. The number of aromatic nitrogens is 1. The molecule has 0 aliphatic carbocycles. The zero-order chi connectivity index (χ0) is 13.8. The number of carboxylic acids is 1. The summed E-state index contributed by atoms with van der Waals surface area (Å²) in [5.74, 6) is 0.205. The van der Waals surface area contributed by atoms with E-state index in [4.69, 9.17) is 19.0 Å². The average molecular weight is 263 g/mol. The molecule has 1 N–H and O–H groups in total. The van der Waals surface area contributed by atoms with Gasteiger partial charge in [-0.25, -0.2) is 9.78 Å². The third-order valence-electron chi connectivity index (χ3n) is 2.44. The van der Waals surface area contributed by atoms with Gasteiger partial charge >= 0.3 is 5.97 Å². The van der Waals surface area contributed by atoms with Crippen molar-refractivity contribution in [2.24, 2.45) is 0 Å². The van der Waals surface area contributed by atoms with Crippen LogP contribution in [0.2, 0.25) is 0 Å². The molecule has 0 bridgehead atoms. The Morgan fingerprint density at radius 2 is 2.21 bits per heavy atom. The minimum Gasteiger partial charge on any atom is -0.493 e. The SMILES string of the molecule is COc1cc(C)ccc1OCc1nc(C(=O)O)co1. The normalized spacial score (nSPS) is 10.2. The lowest BCUT2D eigenvalue weighted by Crippen LogP contribution is -2.00. The second-order valence-corrected chi connectivity index (χ2v) is 3.87. The number of aromatic carboxylic acids is 1. The van der Waals surface area contributed by atoms with Crippen LogP contribution in [0, 0.1) is 6.92 Å². The molecule has 2 rings (SSSR count). The molecule has 1 aromatic carbocycles. The largest absolute Gasteiger partial charge is 0.493 e. The Morgan fingerprint density at radius 1 is 1.42 bits per heavy atom. The van der Waals surface area contributed by atoms with E-state index in [2.05, 4.69) is 4.98 Å². The number of nitrogens with zero attached hydrogens (tertiary/aromatic N) is 1. The molecule has 0 saturated heterocycles. The first kappa shape index (κ1) is 12.9. The van der Waals surface area contributed by atoms with E-state index < -0.39 is 5.97 Å². The van der Waals surface area contributed by atoms with Gasteiger partial charge in [-0.2, -0.15) is 0 Å². The number of carboxylic acid groups (broad SMARTS) is 1. The fraction of sp³-hybridized carbons (Fsp3) is 0.231. The van der Waals surface area contributed by atoms with Crippen molar-refractivity contribution in [3.05, 3.63) is 41.6 Å². The lowest BCUT2D eigenvalue weighted by atomic mass is 10.2. The minimum absolute atomic E-state index is 0.0344. The maximum absolute atomic E-state index is 10.6. The lowest BCUT2D eigenvalue weighted by Gasteiger charge is -2.09. The number of carbonyl (C=O) groups is 1. The van der Waals surface area contributed by atoms with Crippen molar-refractivity contribution >= 4 is 5.97 Å². The standard InChI is InChI=1S/C13H13NO5/c1-8-3-4-10(11(5-8)17-2)18-7-12-14-9(6-19-12)13(15)16/h3-6H,7H2,1-2H3,(H,15,16). The lowest BCUT2D eigenvalue weighted by molar-refractivity contribution is 0.0690. The van der Waals surface area contributed by atoms with E-state index >= 15 is 0 Å². The second-order valence-electron chi connectivity index (χ2n) is 3.87. The van der Waals surface area contributed by atoms with Gasteiger partial charge in [-0.1, -0.05) is 6.07 Å². The van der Waals surface area contributed by atoms with Gasteiger partial charge in [-0.3, -0.25) is 0 Å². The van der Waals surface area contributed by atoms with Gasteiger partial charge in [0, 0.05) is 0 Å². The molecule has 1 heterocycles. The number of benzene rings is 1. The van der Waals surface area contributed by atoms with Gasteiger partial charge in [0.1, 0.15) is 6.26 Å². The van der Waals surface area contributed by atoms with Gasteiger partial charge < -0.3 is 19.0 Å². The van der Waals surface area contributed by atoms with Gasteiger partial charge in [0.25, 0.3) is 0 Å². The fourth-order valence-corrected chi connectivity index (χ4v) is 1.51. The van der Waals surface area contributed by atoms with Crippen LogP contribution in [0.3, 0.4) is 0 Å². The fourth-order valence-electron chi connectivity index (χ4n) is 1.51. The summed E-state index contributed by atoms with van der Waals surface area (Å²) in [6, 6.07) is 5.50.